The van der Waals surface area contributed by atoms with Crippen molar-refractivity contribution in [3.63, 3.8) is 0 Å². The van der Waals surface area contributed by atoms with Crippen LogP contribution >= 0.6 is 0 Å². The van der Waals surface area contributed by atoms with E-state index in [0.29, 0.717) is 0 Å². The van der Waals surface area contributed by atoms with E-state index in [0.717, 1.165) is 5.56 Å². The number of H-pyrrole nitrogens is 1. The molecule has 14 heavy (non-hydrogen) atoms. The molecule has 1 nitrogen and oxygen atoms in total. The predicted molar refractivity (Wildman–Crippen MR) is 62.7 cm³/mol. The van der Waals surface area contributed by atoms with Crippen molar-refractivity contribution in [3.8, 4) is 0 Å². The molecule has 0 bridgehead atoms. The van der Waals surface area contributed by atoms with E-state index in [1.807, 2.05) is 43.5 Å². The van der Waals surface area contributed by atoms with E-state index in [1.54, 1.807) is 0 Å². The van der Waals surface area contributed by atoms with Crippen LogP contribution in [0.4, 0.5) is 0 Å². The van der Waals surface area contributed by atoms with Gasteiger partial charge in [0.25, 0.3) is 0 Å². The molecule has 0 saturated heterocycles. The Bertz CT molecular complexity index is 222. The first-order valence-corrected chi connectivity index (χ1v) is 3.28. The number of allylic oxidation sites excluding steroid dienone is 3. The van der Waals surface area contributed by atoms with Crippen LogP contribution in [0.25, 0.3) is 6.08 Å². The predicted octanol–water partition coefficient (Wildman–Crippen LogP) is 3.75. The third kappa shape index (κ3) is 9.47. The van der Waals surface area contributed by atoms with E-state index in [2.05, 4.69) is 11.2 Å². The van der Waals surface area contributed by atoms with Crippen molar-refractivity contribution in [2.24, 2.45) is 0 Å². The van der Waals surface area contributed by atoms with Gasteiger partial charge in [-0.1, -0.05) is 18.3 Å². The summed E-state index contributed by atoms with van der Waals surface area (Å²) in [5.41, 5.74) is 1.08. The van der Waals surface area contributed by atoms with Crippen LogP contribution in [0.2, 0.25) is 0 Å². The van der Waals surface area contributed by atoms with Gasteiger partial charge < -0.3 is 27.3 Å². The summed E-state index contributed by atoms with van der Waals surface area (Å²) in [4.78, 5) is 2.86. The molecule has 0 radical (unpaired) electrons. The number of aromatic nitrogens is 1. The summed E-state index contributed by atoms with van der Waals surface area (Å²) in [6, 6.07) is 1.97. The summed E-state index contributed by atoms with van der Waals surface area (Å²) in [5.74, 6) is 0. The Kier molecular flexibility index (Phi) is 24.8. The average Bonchev–Trinajstić information content (AvgIpc) is 2.41. The zero-order valence-electron chi connectivity index (χ0n) is 9.32. The molecular weight excluding hydrogens is 259 g/mol. The van der Waals surface area contributed by atoms with Crippen LogP contribution in [0, 0.1) is 28.5 Å². The van der Waals surface area contributed by atoms with Gasteiger partial charge in [-0.25, -0.2) is 0 Å². The van der Waals surface area contributed by atoms with Gasteiger partial charge in [0.1, 0.15) is 0 Å². The Morgan fingerprint density at radius 1 is 1.21 bits per heavy atom. The van der Waals surface area contributed by atoms with Gasteiger partial charge in [0.15, 0.2) is 0 Å². The van der Waals surface area contributed by atoms with Gasteiger partial charge >= 0.3 is 19.5 Å². The fourth-order valence-corrected chi connectivity index (χ4v) is 0.666. The van der Waals surface area contributed by atoms with Crippen molar-refractivity contribution >= 4 is 6.08 Å². The first kappa shape index (κ1) is 23.3. The van der Waals surface area contributed by atoms with Crippen LogP contribution in [0.3, 0.4) is 0 Å². The first-order valence-electron chi connectivity index (χ1n) is 3.28. The van der Waals surface area contributed by atoms with Crippen molar-refractivity contribution in [1.29, 1.82) is 0 Å². The van der Waals surface area contributed by atoms with Crippen molar-refractivity contribution in [2.45, 2.75) is 6.92 Å². The maximum absolute atomic E-state index is 2.95. The Balaban J connectivity index is -0.000000125. The van der Waals surface area contributed by atoms with E-state index in [4.69, 9.17) is 0 Å². The molecule has 1 heterocycles. The molecule has 0 saturated carbocycles. The van der Waals surface area contributed by atoms with Crippen molar-refractivity contribution in [2.75, 3.05) is 0 Å². The molecule has 0 aliphatic heterocycles. The zero-order valence-corrected chi connectivity index (χ0v) is 11.1. The van der Waals surface area contributed by atoms with E-state index in [9.17, 15) is 0 Å². The molecule has 1 aromatic rings. The summed E-state index contributed by atoms with van der Waals surface area (Å²) < 4.78 is 0. The van der Waals surface area contributed by atoms with Crippen LogP contribution in [0.15, 0.2) is 30.5 Å². The molecule has 1 aromatic heterocycles. The number of nitrogens with one attached hydrogen (secondary N) is 1. The minimum Gasteiger partial charge on any atom is -0.453 e. The van der Waals surface area contributed by atoms with Crippen LogP contribution in [-0.2, 0) is 19.5 Å². The molecule has 0 fully saturated rings. The molecule has 0 spiro atoms. The first-order chi connectivity index (χ1) is 4.93. The number of hydrogen-bond acceptors (Lipinski definition) is 0. The largest absolute Gasteiger partial charge is 4.00 e. The molecule has 80 valence electrons. The Morgan fingerprint density at radius 2 is 1.86 bits per heavy atom. The van der Waals surface area contributed by atoms with Gasteiger partial charge in [-0.15, -0.1) is 23.9 Å². The molecule has 0 unspecified atom stereocenters. The summed E-state index contributed by atoms with van der Waals surface area (Å²) in [6.45, 7) is 1.99. The van der Waals surface area contributed by atoms with Gasteiger partial charge in [0, 0.05) is 0 Å². The summed E-state index contributed by atoms with van der Waals surface area (Å²) in [7, 11) is 0. The summed E-state index contributed by atoms with van der Waals surface area (Å²) in [5, 5.41) is 0. The minimum absolute atomic E-state index is 0. The SMILES string of the molecule is CC=CC=Cc1[c-][nH]cc1.[CH3-].[CH3-].[CH3-].[Ru+4]. The molecule has 2 heteroatoms. The standard InChI is InChI=1S/C9H10N.3CH3.Ru/c1-2-3-4-5-9-6-7-10-8-9;;;;/h2-7,10H,1H3;3*1H3;/q4*-1;+4. The van der Waals surface area contributed by atoms with Crippen LogP contribution in [0.5, 0.6) is 0 Å². The van der Waals surface area contributed by atoms with Crippen molar-refractivity contribution < 1.29 is 19.5 Å². The van der Waals surface area contributed by atoms with E-state index in [-0.39, 0.29) is 41.8 Å². The molecular formula is C12H19NRu. The molecule has 0 aliphatic rings. The zero-order chi connectivity index (χ0) is 7.23. The average molecular weight is 278 g/mol. The topological polar surface area (TPSA) is 15.8 Å². The Labute approximate surface area is 102 Å². The number of hydrogen-bond donors (Lipinski definition) is 1. The van der Waals surface area contributed by atoms with E-state index >= 15 is 0 Å². The Hall–Kier alpha value is -0.617. The second-order valence-electron chi connectivity index (χ2n) is 1.94. The van der Waals surface area contributed by atoms with Crippen molar-refractivity contribution in [3.05, 3.63) is 64.5 Å². The number of aromatic amines is 1. The maximum Gasteiger partial charge on any atom is 4.00 e. The Morgan fingerprint density at radius 3 is 2.29 bits per heavy atom. The van der Waals surface area contributed by atoms with Crippen LogP contribution in [0.1, 0.15) is 12.5 Å². The molecule has 1 rings (SSSR count). The van der Waals surface area contributed by atoms with Gasteiger partial charge in [0.05, 0.1) is 0 Å². The number of rotatable bonds is 2. The fraction of sp³-hybridized carbons (Fsp3) is 0.0833. The molecule has 0 aliphatic carbocycles. The fourth-order valence-electron chi connectivity index (χ4n) is 0.666. The van der Waals surface area contributed by atoms with Gasteiger partial charge in [-0.2, -0.15) is 6.07 Å². The summed E-state index contributed by atoms with van der Waals surface area (Å²) in [6.07, 6.45) is 12.8. The molecule has 0 aromatic carbocycles. The van der Waals surface area contributed by atoms with Crippen LogP contribution in [-0.4, -0.2) is 4.98 Å². The third-order valence-corrected chi connectivity index (χ3v) is 1.14. The third-order valence-electron chi connectivity index (χ3n) is 1.14. The molecule has 0 atom stereocenters. The quantitative estimate of drug-likeness (QED) is 0.482. The second kappa shape index (κ2) is 14.9. The normalized spacial score (nSPS) is 8.36. The van der Waals surface area contributed by atoms with E-state index < -0.39 is 0 Å². The molecule has 0 amide bonds. The van der Waals surface area contributed by atoms with Crippen LogP contribution < -0.4 is 0 Å². The van der Waals surface area contributed by atoms with Gasteiger partial charge in [-0.3, -0.25) is 0 Å². The van der Waals surface area contributed by atoms with E-state index in [1.165, 1.54) is 0 Å². The smallest absolute Gasteiger partial charge is 0.453 e. The maximum atomic E-state index is 2.95. The summed E-state index contributed by atoms with van der Waals surface area (Å²) >= 11 is 0. The van der Waals surface area contributed by atoms with Gasteiger partial charge in [-0.05, 0) is 6.92 Å². The van der Waals surface area contributed by atoms with Crippen molar-refractivity contribution in [1.82, 2.24) is 4.98 Å². The monoisotopic (exact) mass is 279 g/mol. The molecule has 1 N–H and O–H groups in total. The van der Waals surface area contributed by atoms with Gasteiger partial charge in [0.2, 0.25) is 0 Å². The minimum atomic E-state index is 0. The second-order valence-corrected chi connectivity index (χ2v) is 1.94.